The molecular weight excluding hydrogens is 394 g/mol. The number of aromatic nitrogens is 1. The van der Waals surface area contributed by atoms with Gasteiger partial charge in [-0.05, 0) is 12.1 Å². The van der Waals surface area contributed by atoms with Gasteiger partial charge in [0.15, 0.2) is 0 Å². The second-order valence-electron chi connectivity index (χ2n) is 6.12. The first kappa shape index (κ1) is 19.2. The molecule has 1 aromatic heterocycles. The first-order chi connectivity index (χ1) is 12.0. The monoisotopic (exact) mass is 409 g/mol. The Kier molecular flexibility index (Phi) is 5.08. The smallest absolute Gasteiger partial charge is 0.277 e. The van der Waals surface area contributed by atoms with Crippen LogP contribution in [0, 0.1) is 11.6 Å². The predicted octanol–water partition coefficient (Wildman–Crippen LogP) is 2.16. The van der Waals surface area contributed by atoms with Gasteiger partial charge in [-0.3, -0.25) is 0 Å². The molecule has 3 rings (SSSR count). The number of halogens is 4. The van der Waals surface area contributed by atoms with Gasteiger partial charge < -0.3 is 5.32 Å². The van der Waals surface area contributed by atoms with E-state index in [-0.39, 0.29) is 12.0 Å². The zero-order chi connectivity index (χ0) is 19.1. The van der Waals surface area contributed by atoms with Crippen molar-refractivity contribution in [3.05, 3.63) is 40.9 Å². The molecule has 0 bridgehead atoms. The van der Waals surface area contributed by atoms with Gasteiger partial charge in [-0.15, -0.1) is 11.3 Å². The number of sulfonamides is 1. The molecule has 1 aliphatic rings. The van der Waals surface area contributed by atoms with E-state index in [0.29, 0.717) is 10.7 Å². The molecule has 2 N–H and O–H groups in total. The summed E-state index contributed by atoms with van der Waals surface area (Å²) in [5.74, 6) is -4.73. The van der Waals surface area contributed by atoms with Crippen LogP contribution >= 0.6 is 11.3 Å². The van der Waals surface area contributed by atoms with Crippen LogP contribution in [0.15, 0.2) is 23.6 Å². The first-order valence-corrected chi connectivity index (χ1v) is 10.3. The standard InChI is InChI=1S/C15H15F4N3O2S2/c1-26(23,24)22-13-12(20-7-15(13,18)19)5-11-6-25-14(21-11)8-2-9(16)4-10(17)3-8/h2-4,6,12-13,20,22H,5,7H2,1H3/t12-,13+/m0/s1. The van der Waals surface area contributed by atoms with Crippen LogP contribution in [-0.2, 0) is 16.4 Å². The van der Waals surface area contributed by atoms with Gasteiger partial charge in [0.1, 0.15) is 22.7 Å². The highest BCUT2D eigenvalue weighted by Gasteiger charge is 2.51. The highest BCUT2D eigenvalue weighted by molar-refractivity contribution is 7.88. The molecule has 5 nitrogen and oxygen atoms in total. The van der Waals surface area contributed by atoms with E-state index >= 15 is 0 Å². The van der Waals surface area contributed by atoms with Crippen molar-refractivity contribution < 1.29 is 26.0 Å². The Hall–Kier alpha value is -1.56. The molecular formula is C15H15F4N3O2S2. The SMILES string of the molecule is CS(=O)(=O)N[C@@H]1[C@H](Cc2csc(-c3cc(F)cc(F)c3)n2)NCC1(F)F. The summed E-state index contributed by atoms with van der Waals surface area (Å²) < 4.78 is 79.3. The second-order valence-corrected chi connectivity index (χ2v) is 8.76. The molecule has 0 radical (unpaired) electrons. The van der Waals surface area contributed by atoms with Gasteiger partial charge in [0.05, 0.1) is 18.5 Å². The lowest BCUT2D eigenvalue weighted by Crippen LogP contribution is -2.51. The maximum Gasteiger partial charge on any atom is 0.277 e. The molecule has 142 valence electrons. The Labute approximate surface area is 151 Å². The van der Waals surface area contributed by atoms with E-state index in [2.05, 4.69) is 10.3 Å². The van der Waals surface area contributed by atoms with Gasteiger partial charge in [-0.2, -0.15) is 0 Å². The summed E-state index contributed by atoms with van der Waals surface area (Å²) in [7, 11) is -3.82. The van der Waals surface area contributed by atoms with E-state index in [1.807, 2.05) is 4.72 Å². The van der Waals surface area contributed by atoms with Crippen molar-refractivity contribution in [1.29, 1.82) is 0 Å². The molecule has 1 aliphatic heterocycles. The van der Waals surface area contributed by atoms with Crippen LogP contribution in [0.1, 0.15) is 5.69 Å². The number of hydrogen-bond acceptors (Lipinski definition) is 5. The van der Waals surface area contributed by atoms with Crippen molar-refractivity contribution in [1.82, 2.24) is 15.0 Å². The maximum absolute atomic E-state index is 14.0. The number of benzene rings is 1. The number of nitrogens with one attached hydrogen (secondary N) is 2. The predicted molar refractivity (Wildman–Crippen MR) is 89.7 cm³/mol. The molecule has 2 aromatic rings. The second kappa shape index (κ2) is 6.87. The average molecular weight is 409 g/mol. The van der Waals surface area contributed by atoms with Gasteiger partial charge in [0.25, 0.3) is 5.92 Å². The number of thiazole rings is 1. The van der Waals surface area contributed by atoms with Gasteiger partial charge in [0.2, 0.25) is 10.0 Å². The highest BCUT2D eigenvalue weighted by atomic mass is 32.2. The molecule has 0 unspecified atom stereocenters. The topological polar surface area (TPSA) is 71.1 Å². The van der Waals surface area contributed by atoms with Crippen LogP contribution in [0.3, 0.4) is 0 Å². The first-order valence-electron chi connectivity index (χ1n) is 7.53. The quantitative estimate of drug-likeness (QED) is 0.743. The number of alkyl halides is 2. The largest absolute Gasteiger partial charge is 0.306 e. The van der Waals surface area contributed by atoms with Crippen molar-refractivity contribution in [3.63, 3.8) is 0 Å². The maximum atomic E-state index is 14.0. The van der Waals surface area contributed by atoms with Gasteiger partial charge in [-0.25, -0.2) is 35.7 Å². The van der Waals surface area contributed by atoms with Crippen molar-refractivity contribution in [2.45, 2.75) is 24.4 Å². The van der Waals surface area contributed by atoms with Gasteiger partial charge in [-0.1, -0.05) is 0 Å². The molecule has 1 saturated heterocycles. The Morgan fingerprint density at radius 1 is 1.31 bits per heavy atom. The van der Waals surface area contributed by atoms with E-state index in [0.717, 1.165) is 35.8 Å². The minimum absolute atomic E-state index is 0.0388. The summed E-state index contributed by atoms with van der Waals surface area (Å²) in [5, 5.41) is 4.54. The van der Waals surface area contributed by atoms with Crippen LogP contribution < -0.4 is 10.0 Å². The molecule has 11 heteroatoms. The van der Waals surface area contributed by atoms with Crippen molar-refractivity contribution in [3.8, 4) is 10.6 Å². The third-order valence-corrected chi connectivity index (χ3v) is 5.51. The van der Waals surface area contributed by atoms with E-state index in [9.17, 15) is 26.0 Å². The Bertz CT molecular complexity index is 897. The minimum atomic E-state index is -3.82. The Morgan fingerprint density at radius 3 is 2.58 bits per heavy atom. The molecule has 2 heterocycles. The fourth-order valence-electron chi connectivity index (χ4n) is 2.81. The van der Waals surface area contributed by atoms with Gasteiger partial charge >= 0.3 is 0 Å². The Morgan fingerprint density at radius 2 is 1.96 bits per heavy atom. The molecule has 2 atom stereocenters. The van der Waals surface area contributed by atoms with E-state index in [1.165, 1.54) is 0 Å². The van der Waals surface area contributed by atoms with Crippen LogP contribution in [0.5, 0.6) is 0 Å². The summed E-state index contributed by atoms with van der Waals surface area (Å²) in [4.78, 5) is 4.23. The lowest BCUT2D eigenvalue weighted by Gasteiger charge is -2.23. The third kappa shape index (κ3) is 4.40. The Balaban J connectivity index is 1.80. The lowest BCUT2D eigenvalue weighted by molar-refractivity contribution is -0.000834. The van der Waals surface area contributed by atoms with Crippen LogP contribution in [0.25, 0.3) is 10.6 Å². The number of rotatable bonds is 5. The average Bonchev–Trinajstić information content (AvgIpc) is 3.05. The third-order valence-electron chi connectivity index (χ3n) is 3.89. The van der Waals surface area contributed by atoms with Crippen molar-refractivity contribution in [2.24, 2.45) is 0 Å². The van der Waals surface area contributed by atoms with Crippen LogP contribution in [0.2, 0.25) is 0 Å². The normalized spacial score (nSPS) is 22.7. The summed E-state index contributed by atoms with van der Waals surface area (Å²) in [6.45, 7) is -0.656. The van der Waals surface area contributed by atoms with Crippen molar-refractivity contribution in [2.75, 3.05) is 12.8 Å². The summed E-state index contributed by atoms with van der Waals surface area (Å²) in [5.41, 5.74) is 0.666. The zero-order valence-corrected chi connectivity index (χ0v) is 15.1. The van der Waals surface area contributed by atoms with Crippen molar-refractivity contribution >= 4 is 21.4 Å². The molecule has 1 aromatic carbocycles. The van der Waals surface area contributed by atoms with Gasteiger partial charge in [0, 0.05) is 29.5 Å². The summed E-state index contributed by atoms with van der Waals surface area (Å²) >= 11 is 1.12. The summed E-state index contributed by atoms with van der Waals surface area (Å²) in [6, 6.07) is 0.529. The van der Waals surface area contributed by atoms with E-state index in [1.54, 1.807) is 5.38 Å². The lowest BCUT2D eigenvalue weighted by atomic mass is 10.0. The molecule has 0 saturated carbocycles. The summed E-state index contributed by atoms with van der Waals surface area (Å²) in [6.07, 6.45) is 0.856. The number of hydrogen-bond donors (Lipinski definition) is 2. The zero-order valence-electron chi connectivity index (χ0n) is 13.5. The minimum Gasteiger partial charge on any atom is -0.306 e. The molecule has 26 heavy (non-hydrogen) atoms. The molecule has 1 fully saturated rings. The molecule has 0 spiro atoms. The van der Waals surface area contributed by atoms with E-state index < -0.39 is 46.2 Å². The molecule has 0 amide bonds. The number of nitrogens with zero attached hydrogens (tertiary/aromatic N) is 1. The fraction of sp³-hybridized carbons (Fsp3) is 0.400. The van der Waals surface area contributed by atoms with Crippen LogP contribution in [0.4, 0.5) is 17.6 Å². The van der Waals surface area contributed by atoms with Crippen LogP contribution in [-0.4, -0.2) is 44.2 Å². The fourth-order valence-corrected chi connectivity index (χ4v) is 4.43. The highest BCUT2D eigenvalue weighted by Crippen LogP contribution is 2.30. The molecule has 0 aliphatic carbocycles. The van der Waals surface area contributed by atoms with E-state index in [4.69, 9.17) is 0 Å².